The van der Waals surface area contributed by atoms with Crippen LogP contribution in [-0.4, -0.2) is 20.5 Å². The highest BCUT2D eigenvalue weighted by Crippen LogP contribution is 2.31. The highest BCUT2D eigenvalue weighted by atomic mass is 35.5. The molecule has 2 aromatic heterocycles. The van der Waals surface area contributed by atoms with Gasteiger partial charge in [0.05, 0.1) is 0 Å². The first-order valence-corrected chi connectivity index (χ1v) is 6.98. The Morgan fingerprint density at radius 1 is 1.25 bits per heavy atom. The Morgan fingerprint density at radius 3 is 2.85 bits per heavy atom. The second-order valence-corrected chi connectivity index (χ2v) is 5.56. The third-order valence-corrected chi connectivity index (χ3v) is 3.91. The number of aromatic carboxylic acids is 1. The van der Waals surface area contributed by atoms with Gasteiger partial charge >= 0.3 is 5.97 Å². The second-order valence-electron chi connectivity index (χ2n) is 4.06. The topological polar surface area (TPSA) is 54.6 Å². The smallest absolute Gasteiger partial charge is 0.355 e. The fourth-order valence-corrected chi connectivity index (χ4v) is 3.11. The summed E-state index contributed by atoms with van der Waals surface area (Å²) in [5.41, 5.74) is 0.764. The van der Waals surface area contributed by atoms with Crippen molar-refractivity contribution in [3.05, 3.63) is 59.4 Å². The van der Waals surface area contributed by atoms with Crippen LogP contribution in [0.5, 0.6) is 0 Å². The molecule has 0 amide bonds. The zero-order chi connectivity index (χ0) is 14.1. The summed E-state index contributed by atoms with van der Waals surface area (Å²) in [7, 11) is 0. The summed E-state index contributed by atoms with van der Waals surface area (Å²) in [6.07, 6.45) is 1.69. The van der Waals surface area contributed by atoms with Crippen molar-refractivity contribution in [1.29, 1.82) is 0 Å². The van der Waals surface area contributed by atoms with Gasteiger partial charge in [-0.1, -0.05) is 35.5 Å². The van der Waals surface area contributed by atoms with Gasteiger partial charge < -0.3 is 5.11 Å². The second kappa shape index (κ2) is 5.19. The zero-order valence-corrected chi connectivity index (χ0v) is 11.7. The van der Waals surface area contributed by atoms with E-state index in [1.54, 1.807) is 34.9 Å². The molecule has 0 bridgehead atoms. The minimum absolute atomic E-state index is 0.158. The Kier molecular flexibility index (Phi) is 3.38. The monoisotopic (exact) mass is 304 g/mol. The molecule has 100 valence electrons. The molecule has 3 rings (SSSR count). The van der Waals surface area contributed by atoms with Gasteiger partial charge in [-0.2, -0.15) is 0 Å². The maximum atomic E-state index is 11.5. The minimum Gasteiger partial charge on any atom is -0.476 e. The molecule has 0 aliphatic rings. The standard InChI is InChI=1S/C14H9ClN2O2S/c15-9-4-3-5-10(8-9)20-13-12(14(18)19)17-7-2-1-6-11(17)16-13/h1-8H,(H,18,19). The number of nitrogens with zero attached hydrogens (tertiary/aromatic N) is 2. The molecule has 6 heteroatoms. The average molecular weight is 305 g/mol. The van der Waals surface area contributed by atoms with E-state index in [1.807, 2.05) is 18.2 Å². The molecule has 0 radical (unpaired) electrons. The molecule has 0 aliphatic carbocycles. The highest BCUT2D eigenvalue weighted by Gasteiger charge is 2.19. The number of pyridine rings is 1. The van der Waals surface area contributed by atoms with Crippen LogP contribution < -0.4 is 0 Å². The summed E-state index contributed by atoms with van der Waals surface area (Å²) in [5.74, 6) is -1.01. The van der Waals surface area contributed by atoms with Crippen molar-refractivity contribution in [1.82, 2.24) is 9.38 Å². The summed E-state index contributed by atoms with van der Waals surface area (Å²) < 4.78 is 1.56. The molecule has 1 aromatic carbocycles. The first-order chi connectivity index (χ1) is 9.65. The number of hydrogen-bond donors (Lipinski definition) is 1. The summed E-state index contributed by atoms with van der Waals surface area (Å²) in [6, 6.07) is 12.6. The lowest BCUT2D eigenvalue weighted by atomic mass is 10.4. The lowest BCUT2D eigenvalue weighted by Gasteiger charge is -2.01. The van der Waals surface area contributed by atoms with E-state index in [9.17, 15) is 9.90 Å². The van der Waals surface area contributed by atoms with Crippen LogP contribution in [0.2, 0.25) is 5.02 Å². The van der Waals surface area contributed by atoms with E-state index >= 15 is 0 Å². The van der Waals surface area contributed by atoms with E-state index in [1.165, 1.54) is 11.8 Å². The van der Waals surface area contributed by atoms with Crippen LogP contribution in [0, 0.1) is 0 Å². The average Bonchev–Trinajstić information content (AvgIpc) is 2.76. The molecule has 0 fully saturated rings. The number of imidazole rings is 1. The molecule has 0 unspecified atom stereocenters. The maximum Gasteiger partial charge on any atom is 0.355 e. The molecule has 4 nitrogen and oxygen atoms in total. The van der Waals surface area contributed by atoms with Gasteiger partial charge in [0.2, 0.25) is 0 Å². The normalized spacial score (nSPS) is 10.8. The number of hydrogen-bond acceptors (Lipinski definition) is 3. The van der Waals surface area contributed by atoms with Crippen molar-refractivity contribution in [3.63, 3.8) is 0 Å². The fraction of sp³-hybridized carbons (Fsp3) is 0. The number of carbonyl (C=O) groups is 1. The third-order valence-electron chi connectivity index (χ3n) is 2.71. The molecule has 3 aromatic rings. The molecule has 0 spiro atoms. The quantitative estimate of drug-likeness (QED) is 0.799. The molecule has 0 atom stereocenters. The zero-order valence-electron chi connectivity index (χ0n) is 10.2. The van der Waals surface area contributed by atoms with Gasteiger partial charge in [0.25, 0.3) is 0 Å². The largest absolute Gasteiger partial charge is 0.476 e. The van der Waals surface area contributed by atoms with E-state index in [0.717, 1.165) is 4.90 Å². The van der Waals surface area contributed by atoms with Crippen molar-refractivity contribution in [2.45, 2.75) is 9.92 Å². The number of carboxylic acid groups (broad SMARTS) is 1. The fourth-order valence-electron chi connectivity index (χ4n) is 1.88. The van der Waals surface area contributed by atoms with Gasteiger partial charge in [-0.05, 0) is 30.3 Å². The predicted molar refractivity (Wildman–Crippen MR) is 77.7 cm³/mol. The SMILES string of the molecule is O=C(O)c1c(Sc2cccc(Cl)c2)nc2ccccn12. The Bertz CT molecular complexity index is 801. The van der Waals surface area contributed by atoms with E-state index in [-0.39, 0.29) is 5.69 Å². The summed E-state index contributed by atoms with van der Waals surface area (Å²) in [4.78, 5) is 16.7. The summed E-state index contributed by atoms with van der Waals surface area (Å²) >= 11 is 7.22. The number of halogens is 1. The van der Waals surface area contributed by atoms with E-state index in [4.69, 9.17) is 11.6 Å². The molecular weight excluding hydrogens is 296 g/mol. The first-order valence-electron chi connectivity index (χ1n) is 5.79. The van der Waals surface area contributed by atoms with Gasteiger partial charge in [-0.15, -0.1) is 0 Å². The van der Waals surface area contributed by atoms with Gasteiger partial charge in [-0.25, -0.2) is 9.78 Å². The van der Waals surface area contributed by atoms with E-state index in [0.29, 0.717) is 15.7 Å². The molecule has 0 aliphatic heterocycles. The number of benzene rings is 1. The number of carboxylic acids is 1. The van der Waals surface area contributed by atoms with Gasteiger partial charge in [0.1, 0.15) is 10.7 Å². The van der Waals surface area contributed by atoms with Gasteiger partial charge in [0, 0.05) is 16.1 Å². The van der Waals surface area contributed by atoms with Crippen molar-refractivity contribution in [2.24, 2.45) is 0 Å². The Hall–Kier alpha value is -1.98. The lowest BCUT2D eigenvalue weighted by molar-refractivity contribution is 0.0685. The molecule has 2 heterocycles. The van der Waals surface area contributed by atoms with Crippen LogP contribution in [-0.2, 0) is 0 Å². The van der Waals surface area contributed by atoms with E-state index < -0.39 is 5.97 Å². The Labute approximate surface area is 124 Å². The van der Waals surface area contributed by atoms with Crippen LogP contribution >= 0.6 is 23.4 Å². The van der Waals surface area contributed by atoms with Crippen molar-refractivity contribution in [3.8, 4) is 0 Å². The molecule has 0 saturated heterocycles. The summed E-state index contributed by atoms with van der Waals surface area (Å²) in [5, 5.41) is 10.4. The van der Waals surface area contributed by atoms with Crippen LogP contribution in [0.1, 0.15) is 10.5 Å². The van der Waals surface area contributed by atoms with Crippen molar-refractivity contribution >= 4 is 35.0 Å². The first kappa shape index (κ1) is 13.0. The Morgan fingerprint density at radius 2 is 2.10 bits per heavy atom. The van der Waals surface area contributed by atoms with Crippen LogP contribution in [0.25, 0.3) is 5.65 Å². The number of rotatable bonds is 3. The van der Waals surface area contributed by atoms with E-state index in [2.05, 4.69) is 4.98 Å². The number of fused-ring (bicyclic) bond motifs is 1. The van der Waals surface area contributed by atoms with Gasteiger partial charge in [0.15, 0.2) is 5.69 Å². The van der Waals surface area contributed by atoms with Crippen LogP contribution in [0.15, 0.2) is 58.6 Å². The molecule has 20 heavy (non-hydrogen) atoms. The Balaban J connectivity index is 2.11. The number of aromatic nitrogens is 2. The van der Waals surface area contributed by atoms with Crippen molar-refractivity contribution in [2.75, 3.05) is 0 Å². The highest BCUT2D eigenvalue weighted by molar-refractivity contribution is 7.99. The minimum atomic E-state index is -1.01. The molecular formula is C14H9ClN2O2S. The van der Waals surface area contributed by atoms with Crippen LogP contribution in [0.4, 0.5) is 0 Å². The molecule has 1 N–H and O–H groups in total. The van der Waals surface area contributed by atoms with Crippen LogP contribution in [0.3, 0.4) is 0 Å². The third kappa shape index (κ3) is 2.37. The summed E-state index contributed by atoms with van der Waals surface area (Å²) in [6.45, 7) is 0. The van der Waals surface area contributed by atoms with Gasteiger partial charge in [-0.3, -0.25) is 4.40 Å². The van der Waals surface area contributed by atoms with Crippen molar-refractivity contribution < 1.29 is 9.90 Å². The molecule has 0 saturated carbocycles. The maximum absolute atomic E-state index is 11.5. The predicted octanol–water partition coefficient (Wildman–Crippen LogP) is 3.84. The lowest BCUT2D eigenvalue weighted by Crippen LogP contribution is -2.02.